The van der Waals surface area contributed by atoms with E-state index in [0.29, 0.717) is 5.92 Å². The maximum absolute atomic E-state index is 5.41. The number of hydrogen-bond donors (Lipinski definition) is 0. The Morgan fingerprint density at radius 1 is 0.517 bits per heavy atom. The molecule has 0 amide bonds. The second kappa shape index (κ2) is 13.1. The highest BCUT2D eigenvalue weighted by Crippen LogP contribution is 2.58. The molecule has 2 aliphatic carbocycles. The lowest BCUT2D eigenvalue weighted by Gasteiger charge is -2.36. The van der Waals surface area contributed by atoms with Gasteiger partial charge in [0.05, 0.1) is 22.4 Å². The lowest BCUT2D eigenvalue weighted by atomic mass is 9.67. The second-order valence-electron chi connectivity index (χ2n) is 17.2. The zero-order chi connectivity index (χ0) is 40.2. The van der Waals surface area contributed by atoms with Gasteiger partial charge in [0.15, 0.2) is 5.82 Å². The van der Waals surface area contributed by atoms with E-state index < -0.39 is 0 Å². The van der Waals surface area contributed by atoms with E-state index in [1.807, 2.05) is 11.3 Å². The summed E-state index contributed by atoms with van der Waals surface area (Å²) in [6, 6.07) is 59.5. The first-order valence-electron chi connectivity index (χ1n) is 20.9. The van der Waals surface area contributed by atoms with Crippen LogP contribution in [0.25, 0.3) is 92.7 Å². The van der Waals surface area contributed by atoms with E-state index in [-0.39, 0.29) is 10.8 Å². The fraction of sp³-hybridized carbons (Fsp3) is 0.107. The average Bonchev–Trinajstić information content (AvgIpc) is 3.89. The van der Waals surface area contributed by atoms with Gasteiger partial charge < -0.3 is 4.57 Å². The molecule has 0 fully saturated rings. The molecule has 10 aromatic rings. The molecule has 2 aliphatic rings. The summed E-state index contributed by atoms with van der Waals surface area (Å²) in [5.74, 6) is 1.09. The molecule has 3 nitrogen and oxygen atoms in total. The van der Waals surface area contributed by atoms with Gasteiger partial charge in [-0.2, -0.15) is 0 Å². The second-order valence-corrected chi connectivity index (χ2v) is 18.3. The standard InChI is InChI=1S/C56H41N3S/c1-55(2)45-33-50-42(32-46(45)56(3)28-16-15-25-52(55)56)40-27-26-38(35-17-7-4-8-18-35)29-49(40)59(50)39-30-43-41-23-13-14-24-51(41)60-53(43)44(31-39)54-57-47(36-19-9-5-10-20-36)34-48(58-54)37-21-11-6-12-22-37/h4-34,52H,1-3H3. The van der Waals surface area contributed by atoms with Gasteiger partial charge >= 0.3 is 0 Å². The van der Waals surface area contributed by atoms with Crippen molar-refractivity contribution in [2.45, 2.75) is 31.6 Å². The predicted molar refractivity (Wildman–Crippen MR) is 253 cm³/mol. The maximum atomic E-state index is 5.41. The highest BCUT2D eigenvalue weighted by atomic mass is 32.1. The van der Waals surface area contributed by atoms with Gasteiger partial charge in [-0.05, 0) is 76.1 Å². The summed E-state index contributed by atoms with van der Waals surface area (Å²) in [5.41, 5.74) is 13.6. The molecular formula is C56H41N3S. The summed E-state index contributed by atoms with van der Waals surface area (Å²) >= 11 is 1.82. The molecular weight excluding hydrogens is 747 g/mol. The highest BCUT2D eigenvalue weighted by Gasteiger charge is 2.52. The number of allylic oxidation sites excluding steroid dienone is 4. The summed E-state index contributed by atoms with van der Waals surface area (Å²) in [6.45, 7) is 7.29. The molecule has 3 heterocycles. The lowest BCUT2D eigenvalue weighted by molar-refractivity contribution is 0.324. The first-order chi connectivity index (χ1) is 29.3. The Morgan fingerprint density at radius 3 is 1.88 bits per heavy atom. The van der Waals surface area contributed by atoms with E-state index in [4.69, 9.17) is 9.97 Å². The van der Waals surface area contributed by atoms with Crippen LogP contribution in [-0.4, -0.2) is 14.5 Å². The predicted octanol–water partition coefficient (Wildman–Crippen LogP) is 14.9. The van der Waals surface area contributed by atoms with Crippen LogP contribution in [0.15, 0.2) is 188 Å². The van der Waals surface area contributed by atoms with Crippen molar-refractivity contribution in [1.29, 1.82) is 0 Å². The third kappa shape index (κ3) is 5.20. The molecule has 12 rings (SSSR count). The van der Waals surface area contributed by atoms with E-state index in [9.17, 15) is 0 Å². The van der Waals surface area contributed by atoms with Crippen molar-refractivity contribution < 1.29 is 0 Å². The van der Waals surface area contributed by atoms with Crippen LogP contribution in [0, 0.1) is 5.92 Å². The van der Waals surface area contributed by atoms with Crippen LogP contribution in [0.3, 0.4) is 0 Å². The molecule has 0 aliphatic heterocycles. The molecule has 7 aromatic carbocycles. The number of fused-ring (bicyclic) bond motifs is 9. The van der Waals surface area contributed by atoms with Crippen LogP contribution >= 0.6 is 11.3 Å². The number of aromatic nitrogens is 3. The monoisotopic (exact) mass is 787 g/mol. The van der Waals surface area contributed by atoms with Gasteiger partial charge in [-0.1, -0.05) is 166 Å². The maximum Gasteiger partial charge on any atom is 0.161 e. The minimum atomic E-state index is -0.0839. The van der Waals surface area contributed by atoms with E-state index in [2.05, 4.69) is 213 Å². The number of thiophene rings is 1. The summed E-state index contributed by atoms with van der Waals surface area (Å²) in [5, 5.41) is 4.97. The van der Waals surface area contributed by atoms with Crippen LogP contribution in [0.4, 0.5) is 0 Å². The van der Waals surface area contributed by atoms with Crippen molar-refractivity contribution in [2.75, 3.05) is 0 Å². The van der Waals surface area contributed by atoms with Gasteiger partial charge in [-0.15, -0.1) is 11.3 Å². The molecule has 0 radical (unpaired) electrons. The Hall–Kier alpha value is -6.88. The van der Waals surface area contributed by atoms with Crippen LogP contribution in [0.1, 0.15) is 31.9 Å². The van der Waals surface area contributed by atoms with Crippen molar-refractivity contribution in [3.05, 3.63) is 199 Å². The average molecular weight is 788 g/mol. The van der Waals surface area contributed by atoms with Crippen molar-refractivity contribution in [2.24, 2.45) is 5.92 Å². The topological polar surface area (TPSA) is 30.7 Å². The van der Waals surface area contributed by atoms with E-state index >= 15 is 0 Å². The molecule has 0 N–H and O–H groups in total. The molecule has 2 atom stereocenters. The molecule has 2 unspecified atom stereocenters. The number of nitrogens with zero attached hydrogens (tertiary/aromatic N) is 3. The smallest absolute Gasteiger partial charge is 0.161 e. The molecule has 0 saturated carbocycles. The molecule has 4 heteroatoms. The van der Waals surface area contributed by atoms with Gasteiger partial charge in [-0.3, -0.25) is 0 Å². The first kappa shape index (κ1) is 35.1. The van der Waals surface area contributed by atoms with E-state index in [1.54, 1.807) is 0 Å². The normalized spacial score (nSPS) is 17.8. The molecule has 0 saturated heterocycles. The minimum absolute atomic E-state index is 0.0613. The third-order valence-corrected chi connectivity index (χ3v) is 14.6. The highest BCUT2D eigenvalue weighted by molar-refractivity contribution is 7.26. The van der Waals surface area contributed by atoms with Crippen LogP contribution in [0.5, 0.6) is 0 Å². The molecule has 0 spiro atoms. The molecule has 60 heavy (non-hydrogen) atoms. The summed E-state index contributed by atoms with van der Waals surface area (Å²) in [6.07, 6.45) is 9.33. The van der Waals surface area contributed by atoms with Crippen molar-refractivity contribution in [3.63, 3.8) is 0 Å². The van der Waals surface area contributed by atoms with Crippen molar-refractivity contribution in [3.8, 4) is 50.7 Å². The Morgan fingerprint density at radius 2 is 1.17 bits per heavy atom. The van der Waals surface area contributed by atoms with Gasteiger partial charge in [-0.25, -0.2) is 9.97 Å². The Kier molecular flexibility index (Phi) is 7.64. The quantitative estimate of drug-likeness (QED) is 0.174. The fourth-order valence-corrected chi connectivity index (χ4v) is 11.7. The summed E-state index contributed by atoms with van der Waals surface area (Å²) in [4.78, 5) is 10.8. The van der Waals surface area contributed by atoms with E-state index in [1.165, 1.54) is 64.2 Å². The van der Waals surface area contributed by atoms with Gasteiger partial charge in [0, 0.05) is 58.7 Å². The van der Waals surface area contributed by atoms with Gasteiger partial charge in [0.2, 0.25) is 0 Å². The number of benzene rings is 7. The molecule has 286 valence electrons. The van der Waals surface area contributed by atoms with Crippen LogP contribution < -0.4 is 0 Å². The lowest BCUT2D eigenvalue weighted by Crippen LogP contribution is -2.34. The molecule has 0 bridgehead atoms. The largest absolute Gasteiger partial charge is 0.309 e. The van der Waals surface area contributed by atoms with Gasteiger partial charge in [0.1, 0.15) is 0 Å². The van der Waals surface area contributed by atoms with E-state index in [0.717, 1.165) is 39.6 Å². The van der Waals surface area contributed by atoms with Crippen molar-refractivity contribution in [1.82, 2.24) is 14.5 Å². The number of hydrogen-bond acceptors (Lipinski definition) is 3. The SMILES string of the molecule is CC1(C)c2cc3c(cc2C2(C)C=CC=CC12)c1ccc(-c2ccccc2)cc1n3-c1cc(-c2nc(-c3ccccc3)cc(-c3ccccc3)n2)c2sc3ccccc3c2c1. The first-order valence-corrected chi connectivity index (χ1v) is 21.7. The minimum Gasteiger partial charge on any atom is -0.309 e. The zero-order valence-electron chi connectivity index (χ0n) is 33.7. The van der Waals surface area contributed by atoms with Crippen LogP contribution in [0.2, 0.25) is 0 Å². The summed E-state index contributed by atoms with van der Waals surface area (Å²) < 4.78 is 4.96. The zero-order valence-corrected chi connectivity index (χ0v) is 34.5. The Balaban J connectivity index is 1.19. The molecule has 3 aromatic heterocycles. The van der Waals surface area contributed by atoms with Crippen LogP contribution in [-0.2, 0) is 10.8 Å². The van der Waals surface area contributed by atoms with Crippen molar-refractivity contribution >= 4 is 53.3 Å². The summed E-state index contributed by atoms with van der Waals surface area (Å²) in [7, 11) is 0. The van der Waals surface area contributed by atoms with Gasteiger partial charge in [0.25, 0.3) is 0 Å². The Bertz CT molecular complexity index is 3350. The third-order valence-electron chi connectivity index (χ3n) is 13.4. The fourth-order valence-electron chi connectivity index (χ4n) is 10.5. The number of rotatable bonds is 5. The Labute approximate surface area is 353 Å².